The molecule has 0 spiro atoms. The van der Waals surface area contributed by atoms with Crippen molar-refractivity contribution in [1.82, 2.24) is 0 Å². The number of nitrogens with zero attached hydrogens (tertiary/aromatic N) is 1. The largest absolute Gasteiger partial charge is 0.493 e. The number of carbonyl (C=O) groups is 2. The summed E-state index contributed by atoms with van der Waals surface area (Å²) in [6, 6.07) is 17.6. The fourth-order valence-corrected chi connectivity index (χ4v) is 4.55. The first-order valence-electron chi connectivity index (χ1n) is 10.1. The van der Waals surface area contributed by atoms with Crippen molar-refractivity contribution < 1.29 is 32.2 Å². The van der Waals surface area contributed by atoms with Crippen molar-refractivity contribution in [3.63, 3.8) is 0 Å². The summed E-state index contributed by atoms with van der Waals surface area (Å²) in [7, 11) is 1.41. The molecule has 4 rings (SSSR count). The van der Waals surface area contributed by atoms with Crippen LogP contribution in [0.4, 0.5) is 18.9 Å². The average molecular weight is 516 g/mol. The number of ether oxygens (including phenoxy) is 2. The van der Waals surface area contributed by atoms with E-state index in [9.17, 15) is 22.8 Å². The number of esters is 1. The van der Waals surface area contributed by atoms with Crippen LogP contribution in [0.2, 0.25) is 0 Å². The van der Waals surface area contributed by atoms with Gasteiger partial charge in [-0.05, 0) is 54.1 Å². The second-order valence-electron chi connectivity index (χ2n) is 7.23. The Morgan fingerprint density at radius 2 is 1.74 bits per heavy atom. The molecule has 1 aliphatic rings. The Hall–Kier alpha value is -3.63. The topological polar surface area (TPSA) is 55.8 Å². The zero-order valence-electron chi connectivity index (χ0n) is 18.0. The van der Waals surface area contributed by atoms with E-state index in [0.29, 0.717) is 11.1 Å². The van der Waals surface area contributed by atoms with E-state index in [0.717, 1.165) is 28.8 Å². The van der Waals surface area contributed by atoms with Crippen LogP contribution in [-0.2, 0) is 11.0 Å². The number of carbonyl (C=O) groups excluding carboxylic acids is 2. The summed E-state index contributed by atoms with van der Waals surface area (Å²) in [5.41, 5.74) is 0.0766. The molecule has 1 saturated heterocycles. The van der Waals surface area contributed by atoms with Crippen LogP contribution in [0.3, 0.4) is 0 Å². The van der Waals surface area contributed by atoms with Crippen LogP contribution in [-0.4, -0.2) is 23.3 Å². The molecule has 0 unspecified atom stereocenters. The number of alkyl halides is 3. The molecule has 0 radical (unpaired) electrons. The van der Waals surface area contributed by atoms with Crippen molar-refractivity contribution >= 4 is 51.9 Å². The van der Waals surface area contributed by atoms with E-state index in [1.165, 1.54) is 31.4 Å². The minimum Gasteiger partial charge on any atom is -0.493 e. The second kappa shape index (κ2) is 9.93. The molecule has 3 aromatic carbocycles. The molecule has 0 atom stereocenters. The van der Waals surface area contributed by atoms with E-state index in [1.54, 1.807) is 42.5 Å². The lowest BCUT2D eigenvalue weighted by molar-refractivity contribution is -0.137. The third-order valence-electron chi connectivity index (χ3n) is 4.92. The third-order valence-corrected chi connectivity index (χ3v) is 6.23. The van der Waals surface area contributed by atoms with E-state index in [2.05, 4.69) is 0 Å². The van der Waals surface area contributed by atoms with E-state index in [4.69, 9.17) is 21.7 Å². The first-order valence-corrected chi connectivity index (χ1v) is 11.3. The van der Waals surface area contributed by atoms with Crippen LogP contribution in [0.25, 0.3) is 6.08 Å². The van der Waals surface area contributed by atoms with Crippen molar-refractivity contribution in [2.24, 2.45) is 0 Å². The first-order chi connectivity index (χ1) is 16.7. The molecule has 35 heavy (non-hydrogen) atoms. The standard InChI is InChI=1S/C25H16F3NO4S2/c1-32-20-12-15(10-11-19(20)33-23(31)16-6-3-2-4-7-16)13-21-22(30)29(24(34)35-21)18-9-5-8-17(14-18)25(26,27)28/h2-14H,1H3/b21-13-. The molecule has 10 heteroatoms. The highest BCUT2D eigenvalue weighted by atomic mass is 32.2. The maximum Gasteiger partial charge on any atom is 0.416 e. The molecule has 0 N–H and O–H groups in total. The van der Waals surface area contributed by atoms with E-state index in [-0.39, 0.29) is 26.4 Å². The number of hydrogen-bond donors (Lipinski definition) is 0. The Morgan fingerprint density at radius 1 is 1.00 bits per heavy atom. The number of anilines is 1. The molecular weight excluding hydrogens is 499 g/mol. The fraction of sp³-hybridized carbons (Fsp3) is 0.0800. The van der Waals surface area contributed by atoms with E-state index in [1.807, 2.05) is 0 Å². The molecule has 0 aromatic heterocycles. The van der Waals surface area contributed by atoms with Gasteiger partial charge in [-0.25, -0.2) is 4.79 Å². The van der Waals surface area contributed by atoms with Gasteiger partial charge in [0.15, 0.2) is 15.8 Å². The summed E-state index contributed by atoms with van der Waals surface area (Å²) >= 11 is 6.23. The van der Waals surface area contributed by atoms with Crippen molar-refractivity contribution in [1.29, 1.82) is 0 Å². The quantitative estimate of drug-likeness (QED) is 0.171. The molecule has 5 nitrogen and oxygen atoms in total. The van der Waals surface area contributed by atoms with Gasteiger partial charge in [0.05, 0.1) is 28.8 Å². The van der Waals surface area contributed by atoms with Gasteiger partial charge in [0.25, 0.3) is 5.91 Å². The van der Waals surface area contributed by atoms with E-state index < -0.39 is 23.6 Å². The number of rotatable bonds is 5. The Labute approximate surface area is 208 Å². The van der Waals surface area contributed by atoms with Crippen molar-refractivity contribution in [3.8, 4) is 11.5 Å². The zero-order valence-corrected chi connectivity index (χ0v) is 19.7. The van der Waals surface area contributed by atoms with Crippen LogP contribution in [0.5, 0.6) is 11.5 Å². The maximum atomic E-state index is 13.1. The van der Waals surface area contributed by atoms with Crippen LogP contribution in [0.15, 0.2) is 77.7 Å². The summed E-state index contributed by atoms with van der Waals surface area (Å²) in [6.45, 7) is 0. The van der Waals surface area contributed by atoms with Gasteiger partial charge < -0.3 is 9.47 Å². The lowest BCUT2D eigenvalue weighted by Crippen LogP contribution is -2.27. The summed E-state index contributed by atoms with van der Waals surface area (Å²) in [5, 5.41) is 0. The van der Waals surface area contributed by atoms with Gasteiger partial charge in [-0.2, -0.15) is 13.2 Å². The molecule has 1 fully saturated rings. The highest BCUT2D eigenvalue weighted by molar-refractivity contribution is 8.27. The van der Waals surface area contributed by atoms with Crippen LogP contribution >= 0.6 is 24.0 Å². The molecule has 0 aliphatic carbocycles. The number of benzene rings is 3. The number of hydrogen-bond acceptors (Lipinski definition) is 6. The maximum absolute atomic E-state index is 13.1. The molecule has 0 saturated carbocycles. The summed E-state index contributed by atoms with van der Waals surface area (Å²) in [5.74, 6) is -0.650. The number of thiocarbonyl (C=S) groups is 1. The monoisotopic (exact) mass is 515 g/mol. The van der Waals surface area contributed by atoms with Gasteiger partial charge in [-0.1, -0.05) is 54.3 Å². The Kier molecular flexibility index (Phi) is 6.95. The summed E-state index contributed by atoms with van der Waals surface area (Å²) in [4.78, 5) is 26.6. The van der Waals surface area contributed by atoms with Gasteiger partial charge in [0.1, 0.15) is 0 Å². The lowest BCUT2D eigenvalue weighted by Gasteiger charge is -2.16. The number of thioether (sulfide) groups is 1. The van der Waals surface area contributed by atoms with Gasteiger partial charge >= 0.3 is 12.1 Å². The number of methoxy groups -OCH3 is 1. The Balaban J connectivity index is 1.57. The molecule has 3 aromatic rings. The minimum atomic E-state index is -4.55. The highest BCUT2D eigenvalue weighted by Crippen LogP contribution is 2.39. The highest BCUT2D eigenvalue weighted by Gasteiger charge is 2.36. The van der Waals surface area contributed by atoms with Gasteiger partial charge in [-0.3, -0.25) is 9.69 Å². The zero-order chi connectivity index (χ0) is 25.2. The van der Waals surface area contributed by atoms with Crippen LogP contribution < -0.4 is 14.4 Å². The number of halogens is 3. The minimum absolute atomic E-state index is 0.0338. The van der Waals surface area contributed by atoms with Crippen molar-refractivity contribution in [2.45, 2.75) is 6.18 Å². The first kappa shape index (κ1) is 24.5. The molecule has 1 heterocycles. The molecular formula is C25H16F3NO4S2. The van der Waals surface area contributed by atoms with Crippen LogP contribution in [0.1, 0.15) is 21.5 Å². The van der Waals surface area contributed by atoms with Gasteiger partial charge in [0.2, 0.25) is 0 Å². The molecule has 1 amide bonds. The number of amides is 1. The van der Waals surface area contributed by atoms with Crippen molar-refractivity contribution in [2.75, 3.05) is 12.0 Å². The predicted molar refractivity (Wildman–Crippen MR) is 131 cm³/mol. The SMILES string of the molecule is COc1cc(/C=C2\SC(=S)N(c3cccc(C(F)(F)F)c3)C2=O)ccc1OC(=O)c1ccccc1. The van der Waals surface area contributed by atoms with Crippen LogP contribution in [0, 0.1) is 0 Å². The summed E-state index contributed by atoms with van der Waals surface area (Å²) < 4.78 is 50.2. The van der Waals surface area contributed by atoms with E-state index >= 15 is 0 Å². The van der Waals surface area contributed by atoms with Crippen molar-refractivity contribution in [3.05, 3.63) is 94.4 Å². The second-order valence-corrected chi connectivity index (χ2v) is 8.91. The average Bonchev–Trinajstić information content (AvgIpc) is 3.12. The van der Waals surface area contributed by atoms with Gasteiger partial charge in [-0.15, -0.1) is 0 Å². The Bertz CT molecular complexity index is 1340. The third kappa shape index (κ3) is 5.39. The lowest BCUT2D eigenvalue weighted by atomic mass is 10.1. The summed E-state index contributed by atoms with van der Waals surface area (Å²) in [6.07, 6.45) is -3.01. The molecule has 1 aliphatic heterocycles. The molecule has 178 valence electrons. The fourth-order valence-electron chi connectivity index (χ4n) is 3.25. The smallest absolute Gasteiger partial charge is 0.416 e. The normalized spacial score (nSPS) is 15.0. The molecule has 0 bridgehead atoms. The predicted octanol–water partition coefficient (Wildman–Crippen LogP) is 6.34. The van der Waals surface area contributed by atoms with Gasteiger partial charge in [0, 0.05) is 0 Å². The Morgan fingerprint density at radius 3 is 2.43 bits per heavy atom.